The first-order valence-electron chi connectivity index (χ1n) is 8.84. The molecule has 26 heavy (non-hydrogen) atoms. The van der Waals surface area contributed by atoms with Gasteiger partial charge in [-0.3, -0.25) is 4.68 Å². The molecule has 0 unspecified atom stereocenters. The first-order valence-corrected chi connectivity index (χ1v) is 8.84. The second-order valence-corrected chi connectivity index (χ2v) is 6.78. The van der Waals surface area contributed by atoms with Crippen LogP contribution in [0.4, 0.5) is 0 Å². The van der Waals surface area contributed by atoms with Gasteiger partial charge in [-0.25, -0.2) is 4.68 Å². The minimum atomic E-state index is 0.834. The predicted molar refractivity (Wildman–Crippen MR) is 104 cm³/mol. The van der Waals surface area contributed by atoms with Crippen LogP contribution < -0.4 is 5.32 Å². The summed E-state index contributed by atoms with van der Waals surface area (Å²) in [5.41, 5.74) is 7.13. The highest BCUT2D eigenvalue weighted by atomic mass is 15.3. The molecule has 0 bridgehead atoms. The van der Waals surface area contributed by atoms with Crippen LogP contribution in [0.25, 0.3) is 16.6 Å². The summed E-state index contributed by atoms with van der Waals surface area (Å²) in [5, 5.41) is 13.5. The topological polar surface area (TPSA) is 47.7 Å². The van der Waals surface area contributed by atoms with Crippen LogP contribution in [0.5, 0.6) is 0 Å². The van der Waals surface area contributed by atoms with Gasteiger partial charge in [0.1, 0.15) is 0 Å². The Balaban J connectivity index is 1.43. The van der Waals surface area contributed by atoms with Gasteiger partial charge in [0.15, 0.2) is 0 Å². The maximum absolute atomic E-state index is 4.47. The van der Waals surface area contributed by atoms with Gasteiger partial charge in [-0.15, -0.1) is 0 Å². The lowest BCUT2D eigenvalue weighted by atomic mass is 10.1. The molecule has 0 spiro atoms. The molecule has 2 heterocycles. The minimum absolute atomic E-state index is 0.834. The molecule has 2 aromatic heterocycles. The normalized spacial score (nSPS) is 11.3. The molecule has 5 nitrogen and oxygen atoms in total. The quantitative estimate of drug-likeness (QED) is 0.600. The van der Waals surface area contributed by atoms with Crippen LogP contribution >= 0.6 is 0 Å². The van der Waals surface area contributed by atoms with E-state index in [0.29, 0.717) is 0 Å². The number of benzene rings is 2. The van der Waals surface area contributed by atoms with E-state index < -0.39 is 0 Å². The van der Waals surface area contributed by atoms with E-state index in [2.05, 4.69) is 58.8 Å². The molecule has 0 fully saturated rings. The summed E-state index contributed by atoms with van der Waals surface area (Å²) in [6.07, 6.45) is 3.90. The summed E-state index contributed by atoms with van der Waals surface area (Å²) >= 11 is 0. The van der Waals surface area contributed by atoms with E-state index >= 15 is 0 Å². The Kier molecular flexibility index (Phi) is 4.31. The molecule has 4 rings (SSSR count). The molecule has 0 radical (unpaired) electrons. The maximum atomic E-state index is 4.47. The van der Waals surface area contributed by atoms with Crippen molar-refractivity contribution in [1.29, 1.82) is 0 Å². The van der Waals surface area contributed by atoms with Crippen LogP contribution in [-0.4, -0.2) is 19.6 Å². The zero-order valence-corrected chi connectivity index (χ0v) is 15.4. The summed E-state index contributed by atoms with van der Waals surface area (Å²) in [6, 6.07) is 15.0. The number of aromatic nitrogens is 4. The van der Waals surface area contributed by atoms with Gasteiger partial charge in [0, 0.05) is 31.7 Å². The number of hydrogen-bond acceptors (Lipinski definition) is 3. The van der Waals surface area contributed by atoms with E-state index in [1.54, 1.807) is 0 Å². The molecule has 5 heteroatoms. The van der Waals surface area contributed by atoms with Crippen molar-refractivity contribution in [3.63, 3.8) is 0 Å². The second-order valence-electron chi connectivity index (χ2n) is 6.78. The lowest BCUT2D eigenvalue weighted by Gasteiger charge is -2.10. The van der Waals surface area contributed by atoms with Crippen molar-refractivity contribution in [1.82, 2.24) is 24.9 Å². The van der Waals surface area contributed by atoms with Crippen LogP contribution in [0.3, 0.4) is 0 Å². The molecular formula is C21H23N5. The van der Waals surface area contributed by atoms with Crippen LogP contribution in [0.15, 0.2) is 54.9 Å². The summed E-state index contributed by atoms with van der Waals surface area (Å²) in [4.78, 5) is 0. The van der Waals surface area contributed by atoms with Crippen LogP contribution in [0, 0.1) is 13.8 Å². The summed E-state index contributed by atoms with van der Waals surface area (Å²) in [5.74, 6) is 0. The fourth-order valence-corrected chi connectivity index (χ4v) is 3.22. The first-order chi connectivity index (χ1) is 12.6. The van der Waals surface area contributed by atoms with Crippen molar-refractivity contribution >= 4 is 10.9 Å². The Morgan fingerprint density at radius 3 is 2.65 bits per heavy atom. The van der Waals surface area contributed by atoms with Gasteiger partial charge in [-0.2, -0.15) is 10.2 Å². The second kappa shape index (κ2) is 6.77. The first kappa shape index (κ1) is 16.5. The van der Waals surface area contributed by atoms with Gasteiger partial charge in [-0.1, -0.05) is 18.2 Å². The molecule has 0 aliphatic heterocycles. The Labute approximate surface area is 153 Å². The fourth-order valence-electron chi connectivity index (χ4n) is 3.22. The van der Waals surface area contributed by atoms with Gasteiger partial charge < -0.3 is 5.32 Å². The molecule has 0 saturated carbocycles. The fraction of sp³-hybridized carbons (Fsp3) is 0.238. The van der Waals surface area contributed by atoms with Crippen LogP contribution in [0.1, 0.15) is 22.4 Å². The highest BCUT2D eigenvalue weighted by Crippen LogP contribution is 2.17. The van der Waals surface area contributed by atoms with Crippen LogP contribution in [0.2, 0.25) is 0 Å². The summed E-state index contributed by atoms with van der Waals surface area (Å²) in [7, 11) is 1.98. The van der Waals surface area contributed by atoms with Gasteiger partial charge >= 0.3 is 0 Å². The molecule has 4 aromatic rings. The van der Waals surface area contributed by atoms with Crippen molar-refractivity contribution in [2.45, 2.75) is 26.9 Å². The monoisotopic (exact) mass is 345 g/mol. The molecule has 0 atom stereocenters. The number of nitrogens with zero attached hydrogens (tertiary/aromatic N) is 4. The summed E-state index contributed by atoms with van der Waals surface area (Å²) in [6.45, 7) is 5.83. The number of aryl methyl sites for hydroxylation is 3. The standard InChI is InChI=1S/C21H23N5/c1-15-10-20(26-9-8-16(2)24-26)7-6-18(15)13-22-12-17-4-5-19-14-23-25(3)21(19)11-17/h4-11,14,22H,12-13H2,1-3H3. The van der Waals surface area contributed by atoms with Crippen molar-refractivity contribution in [3.05, 3.63) is 77.2 Å². The van der Waals surface area contributed by atoms with Gasteiger partial charge in [0.05, 0.1) is 23.1 Å². The number of fused-ring (bicyclic) bond motifs is 1. The van der Waals surface area contributed by atoms with Gasteiger partial charge in [0.2, 0.25) is 0 Å². The maximum Gasteiger partial charge on any atom is 0.0682 e. The lowest BCUT2D eigenvalue weighted by molar-refractivity contribution is 0.690. The third-order valence-corrected chi connectivity index (χ3v) is 4.77. The average molecular weight is 345 g/mol. The summed E-state index contributed by atoms with van der Waals surface area (Å²) < 4.78 is 3.83. The molecular weight excluding hydrogens is 322 g/mol. The Hall–Kier alpha value is -2.92. The van der Waals surface area contributed by atoms with Crippen molar-refractivity contribution in [3.8, 4) is 5.69 Å². The molecule has 1 N–H and O–H groups in total. The minimum Gasteiger partial charge on any atom is -0.309 e. The third-order valence-electron chi connectivity index (χ3n) is 4.77. The highest BCUT2D eigenvalue weighted by Gasteiger charge is 2.04. The largest absolute Gasteiger partial charge is 0.309 e. The SMILES string of the molecule is Cc1ccn(-c2ccc(CNCc3ccc4cnn(C)c4c3)c(C)c2)n1. The molecule has 0 amide bonds. The van der Waals surface area contributed by atoms with Crippen molar-refractivity contribution in [2.75, 3.05) is 0 Å². The molecule has 2 aromatic carbocycles. The van der Waals surface area contributed by atoms with E-state index in [1.807, 2.05) is 41.8 Å². The smallest absolute Gasteiger partial charge is 0.0682 e. The third kappa shape index (κ3) is 3.26. The Morgan fingerprint density at radius 1 is 1.00 bits per heavy atom. The highest BCUT2D eigenvalue weighted by molar-refractivity contribution is 5.79. The van der Waals surface area contributed by atoms with Crippen molar-refractivity contribution < 1.29 is 0 Å². The average Bonchev–Trinajstić information content (AvgIpc) is 3.23. The van der Waals surface area contributed by atoms with Crippen LogP contribution in [-0.2, 0) is 20.1 Å². The molecule has 0 saturated heterocycles. The number of nitrogens with one attached hydrogen (secondary N) is 1. The van der Waals surface area contributed by atoms with Gasteiger partial charge in [-0.05, 0) is 54.8 Å². The Bertz CT molecular complexity index is 1060. The Morgan fingerprint density at radius 2 is 1.88 bits per heavy atom. The molecule has 0 aliphatic rings. The molecule has 132 valence electrons. The predicted octanol–water partition coefficient (Wildman–Crippen LogP) is 3.67. The van der Waals surface area contributed by atoms with Crippen molar-refractivity contribution in [2.24, 2.45) is 7.05 Å². The zero-order chi connectivity index (χ0) is 18.1. The number of hydrogen-bond donors (Lipinski definition) is 1. The van der Waals surface area contributed by atoms with E-state index in [-0.39, 0.29) is 0 Å². The van der Waals surface area contributed by atoms with E-state index in [9.17, 15) is 0 Å². The zero-order valence-electron chi connectivity index (χ0n) is 15.4. The van der Waals surface area contributed by atoms with Gasteiger partial charge in [0.25, 0.3) is 0 Å². The molecule has 0 aliphatic carbocycles. The van der Waals surface area contributed by atoms with E-state index in [0.717, 1.165) is 24.5 Å². The van der Waals surface area contributed by atoms with E-state index in [4.69, 9.17) is 0 Å². The lowest BCUT2D eigenvalue weighted by Crippen LogP contribution is -2.13. The number of rotatable bonds is 5. The van der Waals surface area contributed by atoms with E-state index in [1.165, 1.54) is 27.6 Å².